The molecule has 8 aliphatic carbocycles. The molecule has 0 bridgehead atoms. The molecule has 16 atom stereocenters. The lowest BCUT2D eigenvalue weighted by Gasteiger charge is -2.63. The number of aliphatic hydroxyl groups excluding tert-OH is 2. The summed E-state index contributed by atoms with van der Waals surface area (Å²) in [5.41, 5.74) is -3.58. The van der Waals surface area contributed by atoms with Gasteiger partial charge in [-0.2, -0.15) is 0 Å². The molecule has 0 unspecified atom stereocenters. The first-order valence-corrected chi connectivity index (χ1v) is 24.3. The number of alkyl halides is 2. The van der Waals surface area contributed by atoms with E-state index in [0.29, 0.717) is 78.6 Å². The van der Waals surface area contributed by atoms with Crippen molar-refractivity contribution in [3.8, 4) is 0 Å². The van der Waals surface area contributed by atoms with Crippen LogP contribution in [0.15, 0.2) is 34.6 Å². The van der Waals surface area contributed by atoms with Crippen molar-refractivity contribution >= 4 is 41.2 Å². The molecule has 1 aliphatic heterocycles. The largest absolute Gasteiger partial charge is 0.497 e. The first-order chi connectivity index (χ1) is 29.9. The van der Waals surface area contributed by atoms with Gasteiger partial charge in [-0.15, -0.1) is 11.6 Å². The van der Waals surface area contributed by atoms with Gasteiger partial charge in [0.2, 0.25) is 5.78 Å². The van der Waals surface area contributed by atoms with Crippen molar-refractivity contribution in [3.05, 3.63) is 34.6 Å². The number of rotatable bonds is 8. The highest BCUT2D eigenvalue weighted by Crippen LogP contribution is 2.73. The number of carbonyl (C=O) groups is 5. The number of aldehydes is 1. The fourth-order valence-electron chi connectivity index (χ4n) is 16.5. The van der Waals surface area contributed by atoms with Crippen LogP contribution in [0, 0.1) is 63.1 Å². The van der Waals surface area contributed by atoms with Crippen LogP contribution in [-0.4, -0.2) is 94.3 Å². The summed E-state index contributed by atoms with van der Waals surface area (Å²) >= 11 is 5.78. The average molecular weight is 914 g/mol. The minimum atomic E-state index is -2.07. The van der Waals surface area contributed by atoms with Crippen LogP contribution in [0.2, 0.25) is 0 Å². The summed E-state index contributed by atoms with van der Waals surface area (Å²) in [5, 5.41) is 23.0. The third kappa shape index (κ3) is 6.77. The zero-order valence-electron chi connectivity index (χ0n) is 39.2. The van der Waals surface area contributed by atoms with Gasteiger partial charge < -0.3 is 29.2 Å². The van der Waals surface area contributed by atoms with Crippen molar-refractivity contribution in [1.82, 2.24) is 0 Å². The molecule has 0 radical (unpaired) electrons. The van der Waals surface area contributed by atoms with Crippen LogP contribution >= 0.6 is 11.6 Å². The maximum Gasteiger partial charge on any atom is 0.303 e. The minimum absolute atomic E-state index is 0.0474. The second kappa shape index (κ2) is 16.2. The van der Waals surface area contributed by atoms with Gasteiger partial charge in [0.05, 0.1) is 30.0 Å². The molecule has 6 fully saturated rings. The monoisotopic (exact) mass is 912 g/mol. The minimum Gasteiger partial charge on any atom is -0.497 e. The molecule has 5 saturated carbocycles. The number of ether oxygens (including phenoxy) is 4. The van der Waals surface area contributed by atoms with Crippen molar-refractivity contribution in [3.63, 3.8) is 0 Å². The van der Waals surface area contributed by atoms with E-state index in [4.69, 9.17) is 30.5 Å². The van der Waals surface area contributed by atoms with Crippen LogP contribution < -0.4 is 0 Å². The van der Waals surface area contributed by atoms with Gasteiger partial charge in [-0.1, -0.05) is 40.2 Å². The number of hydrogen-bond donors (Lipinski definition) is 2. The molecule has 11 nitrogen and oxygen atoms in total. The molecular formula is C51H70ClFO11. The maximum atomic E-state index is 17.8. The van der Waals surface area contributed by atoms with E-state index in [1.807, 2.05) is 13.0 Å². The van der Waals surface area contributed by atoms with Gasteiger partial charge in [-0.25, -0.2) is 4.39 Å². The molecule has 13 heteroatoms. The molecule has 2 N–H and O–H groups in total. The van der Waals surface area contributed by atoms with Crippen LogP contribution in [0.25, 0.3) is 0 Å². The Morgan fingerprint density at radius 2 is 1.69 bits per heavy atom. The Labute approximate surface area is 382 Å². The van der Waals surface area contributed by atoms with E-state index in [0.717, 1.165) is 38.4 Å². The van der Waals surface area contributed by atoms with Gasteiger partial charge in [0.1, 0.15) is 24.3 Å². The second-order valence-corrected chi connectivity index (χ2v) is 23.0. The predicted octanol–water partition coefficient (Wildman–Crippen LogP) is 7.90. The molecular weight excluding hydrogens is 843 g/mol. The molecule has 0 aromatic carbocycles. The third-order valence-electron chi connectivity index (χ3n) is 19.0. The lowest BCUT2D eigenvalue weighted by atomic mass is 9.44. The molecule has 1 saturated heterocycles. The zero-order valence-corrected chi connectivity index (χ0v) is 40.0. The molecule has 0 aromatic heterocycles. The van der Waals surface area contributed by atoms with E-state index < -0.39 is 70.3 Å². The number of halogens is 2. The quantitative estimate of drug-likeness (QED) is 0.138. The highest BCUT2D eigenvalue weighted by atomic mass is 35.5. The maximum absolute atomic E-state index is 17.8. The van der Waals surface area contributed by atoms with Gasteiger partial charge in [0, 0.05) is 42.4 Å². The van der Waals surface area contributed by atoms with Crippen LogP contribution in [0.5, 0.6) is 0 Å². The lowest BCUT2D eigenvalue weighted by Crippen LogP contribution is -2.70. The highest BCUT2D eigenvalue weighted by molar-refractivity contribution is 6.18. The fourth-order valence-corrected chi connectivity index (χ4v) is 16.6. The van der Waals surface area contributed by atoms with Gasteiger partial charge in [0.25, 0.3) is 0 Å². The first-order valence-electron chi connectivity index (χ1n) is 23.8. The molecule has 0 spiro atoms. The van der Waals surface area contributed by atoms with Crippen LogP contribution in [0.3, 0.4) is 0 Å². The number of hydrogen-bond acceptors (Lipinski definition) is 11. The van der Waals surface area contributed by atoms with Crippen LogP contribution in [0.1, 0.15) is 133 Å². The normalized spacial score (nSPS) is 47.1. The summed E-state index contributed by atoms with van der Waals surface area (Å²) in [5.74, 6) is -0.103. The van der Waals surface area contributed by atoms with E-state index in [9.17, 15) is 34.2 Å². The Bertz CT molecular complexity index is 2080. The zero-order chi connectivity index (χ0) is 46.7. The second-order valence-electron chi connectivity index (χ2n) is 22.6. The topological polar surface area (TPSA) is 163 Å². The van der Waals surface area contributed by atoms with Crippen molar-refractivity contribution < 1.29 is 57.5 Å². The number of ketones is 3. The Morgan fingerprint density at radius 3 is 2.34 bits per heavy atom. The number of carbonyl (C=O) groups excluding carboxylic acids is 5. The van der Waals surface area contributed by atoms with Gasteiger partial charge in [-0.3, -0.25) is 24.0 Å². The molecule has 9 aliphatic rings. The van der Waals surface area contributed by atoms with E-state index >= 15 is 4.39 Å². The number of esters is 1. The van der Waals surface area contributed by atoms with E-state index in [-0.39, 0.29) is 47.4 Å². The van der Waals surface area contributed by atoms with Crippen LogP contribution in [0.4, 0.5) is 4.39 Å². The number of Topliss-reactive ketones (excluding diaryl/α,β-unsaturated/α-hetero) is 2. The Hall–Kier alpha value is -2.77. The van der Waals surface area contributed by atoms with Crippen molar-refractivity contribution in [2.45, 2.75) is 168 Å². The first kappa shape index (κ1) is 47.7. The molecule has 1 heterocycles. The molecule has 0 amide bonds. The smallest absolute Gasteiger partial charge is 0.303 e. The summed E-state index contributed by atoms with van der Waals surface area (Å²) < 4.78 is 41.3. The molecule has 64 heavy (non-hydrogen) atoms. The fraction of sp³-hybridized carbons (Fsp3) is 0.784. The van der Waals surface area contributed by atoms with Gasteiger partial charge in [0.15, 0.2) is 23.8 Å². The van der Waals surface area contributed by atoms with Crippen LogP contribution in [-0.2, 0) is 42.9 Å². The van der Waals surface area contributed by atoms with E-state index in [1.54, 1.807) is 33.8 Å². The molecule has 0 aromatic rings. The van der Waals surface area contributed by atoms with Gasteiger partial charge >= 0.3 is 5.97 Å². The molecule has 9 rings (SSSR count). The lowest BCUT2D eigenvalue weighted by molar-refractivity contribution is -0.248. The summed E-state index contributed by atoms with van der Waals surface area (Å²) in [7, 11) is 0. The Balaban J connectivity index is 0.000000192. The summed E-state index contributed by atoms with van der Waals surface area (Å²) in [6.07, 6.45) is 8.46. The summed E-state index contributed by atoms with van der Waals surface area (Å²) in [6, 6.07) is 0. The van der Waals surface area contributed by atoms with Crippen molar-refractivity contribution in [2.24, 2.45) is 63.1 Å². The Kier molecular flexibility index (Phi) is 12.1. The number of allylic oxidation sites excluding steroid dienone is 5. The average Bonchev–Trinajstić information content (AvgIpc) is 3.79. The highest BCUT2D eigenvalue weighted by Gasteiger charge is 2.80. The number of fused-ring (bicyclic) bond motifs is 12. The predicted molar refractivity (Wildman–Crippen MR) is 235 cm³/mol. The summed E-state index contributed by atoms with van der Waals surface area (Å²) in [6.45, 7) is 16.6. The van der Waals surface area contributed by atoms with E-state index in [1.165, 1.54) is 12.5 Å². The standard InChI is InChI=1S/C29H38ClFO8.C22H32O3/c1-16(33)37-15-23(35)29-24(38-25(2,3)39-29)12-20-21-10-17(14-32)19-11-18(36-9-8-30)6-7-26(19,4)28(21,31)22(34)13-27(20,29)5;1-12-9-15-17-6-5-16(13(2)23)22(17,4)11-19(25)20(15)21(3)8-7-14(24)10-18(12)21/h11,14,20-22,24,34H,6-10,12-13,15H2,1-5H3;10,12,15-17,19-20,25H,5-9,11H2,1-4H3/t20-,21-,22-,24+,26-,27-,28-,29+;12-,15-,16+,17-,19-,20+,21-,22+/m00/s1. The summed E-state index contributed by atoms with van der Waals surface area (Å²) in [4.78, 5) is 62.1. The van der Waals surface area contributed by atoms with Crippen molar-refractivity contribution in [1.29, 1.82) is 0 Å². The third-order valence-corrected chi connectivity index (χ3v) is 19.1. The van der Waals surface area contributed by atoms with Crippen molar-refractivity contribution in [2.75, 3.05) is 19.1 Å². The van der Waals surface area contributed by atoms with E-state index in [2.05, 4.69) is 20.8 Å². The van der Waals surface area contributed by atoms with Gasteiger partial charge in [-0.05, 0) is 142 Å². The molecule has 354 valence electrons. The SMILES string of the molecule is CC(=O)OCC(=O)[C@@]12OC(C)(C)O[C@@H]1C[C@H]1[C@@H]3CC(C=O)=C4C=C(OCCCl)CC[C@]4(C)[C@@]3(F)[C@@H](O)C[C@@]12C.CC(=O)[C@H]1CC[C@H]2[C@@H]3C[C@H](C)C4=CC(=O)CC[C@]4(C)[C@H]3[C@@H](O)C[C@]12C. The Morgan fingerprint density at radius 1 is 0.969 bits per heavy atom. The number of aliphatic hydroxyl groups is 2.